The monoisotopic (exact) mass is 402 g/mol. The van der Waals surface area contributed by atoms with Crippen molar-refractivity contribution in [3.8, 4) is 0 Å². The van der Waals surface area contributed by atoms with Crippen molar-refractivity contribution in [1.82, 2.24) is 4.31 Å². The Labute approximate surface area is 162 Å². The minimum absolute atomic E-state index is 0.0585. The van der Waals surface area contributed by atoms with Gasteiger partial charge in [-0.05, 0) is 24.3 Å². The molecule has 0 N–H and O–H groups in total. The van der Waals surface area contributed by atoms with Crippen molar-refractivity contribution in [2.24, 2.45) is 0 Å². The summed E-state index contributed by atoms with van der Waals surface area (Å²) in [5.41, 5.74) is 0.635. The van der Waals surface area contributed by atoms with Crippen LogP contribution in [0.2, 0.25) is 0 Å². The van der Waals surface area contributed by atoms with Gasteiger partial charge in [-0.1, -0.05) is 24.3 Å². The van der Waals surface area contributed by atoms with Gasteiger partial charge in [0, 0.05) is 20.0 Å². The summed E-state index contributed by atoms with van der Waals surface area (Å²) in [5.74, 6) is -1.70. The lowest BCUT2D eigenvalue weighted by Crippen LogP contribution is -2.35. The molecule has 1 aliphatic rings. The molecule has 0 unspecified atom stereocenters. The van der Waals surface area contributed by atoms with Crippen molar-refractivity contribution in [1.29, 1.82) is 0 Å². The molecule has 2 aromatic rings. The first kappa shape index (κ1) is 19.6. The van der Waals surface area contributed by atoms with E-state index in [1.54, 1.807) is 24.3 Å². The highest BCUT2D eigenvalue weighted by Crippen LogP contribution is 2.30. The van der Waals surface area contributed by atoms with Crippen molar-refractivity contribution in [2.75, 3.05) is 25.6 Å². The number of benzene rings is 2. The first-order valence-electron chi connectivity index (χ1n) is 8.39. The summed E-state index contributed by atoms with van der Waals surface area (Å²) in [6, 6.07) is 12.3. The molecule has 146 valence electrons. The van der Waals surface area contributed by atoms with Crippen molar-refractivity contribution >= 4 is 33.5 Å². The summed E-state index contributed by atoms with van der Waals surface area (Å²) in [5, 5.41) is 0. The number of esters is 1. The smallest absolute Gasteiger partial charge is 0.339 e. The number of carbonyl (C=O) groups excluding carboxylic acids is 3. The maximum atomic E-state index is 12.6. The summed E-state index contributed by atoms with van der Waals surface area (Å²) in [7, 11) is -1.26. The largest absolute Gasteiger partial charge is 0.465 e. The molecule has 0 bridgehead atoms. The van der Waals surface area contributed by atoms with Crippen LogP contribution < -0.4 is 4.90 Å². The van der Waals surface area contributed by atoms with Gasteiger partial charge in [-0.25, -0.2) is 17.5 Å². The third kappa shape index (κ3) is 3.24. The van der Waals surface area contributed by atoms with Gasteiger partial charge in [-0.2, -0.15) is 0 Å². The summed E-state index contributed by atoms with van der Waals surface area (Å²) >= 11 is 0. The zero-order valence-electron chi connectivity index (χ0n) is 15.3. The molecule has 1 heterocycles. The molecule has 28 heavy (non-hydrogen) atoms. The normalized spacial score (nSPS) is 14.5. The van der Waals surface area contributed by atoms with E-state index in [1.807, 2.05) is 0 Å². The average Bonchev–Trinajstić information content (AvgIpc) is 2.91. The van der Waals surface area contributed by atoms with Crippen LogP contribution >= 0.6 is 0 Å². The Morgan fingerprint density at radius 1 is 1.07 bits per heavy atom. The number of sulfonamides is 1. The summed E-state index contributed by atoms with van der Waals surface area (Å²) in [6.07, 6.45) is -0.231. The van der Waals surface area contributed by atoms with Gasteiger partial charge in [0.25, 0.3) is 15.9 Å². The number of anilines is 1. The van der Waals surface area contributed by atoms with E-state index in [9.17, 15) is 22.8 Å². The van der Waals surface area contributed by atoms with Gasteiger partial charge in [-0.3, -0.25) is 9.59 Å². The molecule has 9 heteroatoms. The number of hydrogen-bond donors (Lipinski definition) is 0. The number of nitrogens with zero attached hydrogens (tertiary/aromatic N) is 2. The predicted octanol–water partition coefficient (Wildman–Crippen LogP) is 1.67. The van der Waals surface area contributed by atoms with Crippen molar-refractivity contribution in [3.63, 3.8) is 0 Å². The van der Waals surface area contributed by atoms with E-state index in [-0.39, 0.29) is 29.0 Å². The Kier molecular flexibility index (Phi) is 5.19. The lowest BCUT2D eigenvalue weighted by Gasteiger charge is -2.21. The first-order chi connectivity index (χ1) is 13.3. The second-order valence-electron chi connectivity index (χ2n) is 6.09. The van der Waals surface area contributed by atoms with Crippen molar-refractivity contribution in [2.45, 2.75) is 11.3 Å². The van der Waals surface area contributed by atoms with Gasteiger partial charge >= 0.3 is 5.97 Å². The fourth-order valence-electron chi connectivity index (χ4n) is 3.00. The highest BCUT2D eigenvalue weighted by Gasteiger charge is 2.40. The topological polar surface area (TPSA) is 101 Å². The number of hydrogen-bond acceptors (Lipinski definition) is 6. The second-order valence-corrected chi connectivity index (χ2v) is 7.92. The Morgan fingerprint density at radius 3 is 2.39 bits per heavy atom. The van der Waals surface area contributed by atoms with Gasteiger partial charge in [0.1, 0.15) is 4.90 Å². The number of methoxy groups -OCH3 is 1. The van der Waals surface area contributed by atoms with Gasteiger partial charge in [0.15, 0.2) is 0 Å². The Hall–Kier alpha value is -3.20. The molecule has 0 aliphatic carbocycles. The molecule has 3 rings (SSSR count). The van der Waals surface area contributed by atoms with E-state index in [0.29, 0.717) is 9.99 Å². The molecule has 2 amide bonds. The number of amides is 2. The molecular formula is C19H18N2O6S. The standard InChI is InChI=1S/C19H18N2O6S/c1-20(15-9-5-3-7-13(15)19(24)27-2)17(22)11-12-21-18(23)14-8-4-6-10-16(14)28(21,25)26/h3-10H,11-12H2,1-2H3. The summed E-state index contributed by atoms with van der Waals surface area (Å²) in [4.78, 5) is 38.1. The van der Waals surface area contributed by atoms with E-state index >= 15 is 0 Å². The van der Waals surface area contributed by atoms with Crippen LogP contribution in [0, 0.1) is 0 Å². The zero-order chi connectivity index (χ0) is 20.5. The van der Waals surface area contributed by atoms with E-state index in [4.69, 9.17) is 4.74 Å². The minimum atomic E-state index is -3.97. The molecule has 0 spiro atoms. The fraction of sp³-hybridized carbons (Fsp3) is 0.211. The van der Waals surface area contributed by atoms with Crippen LogP contribution in [-0.2, 0) is 19.6 Å². The lowest BCUT2D eigenvalue weighted by molar-refractivity contribution is -0.118. The minimum Gasteiger partial charge on any atom is -0.465 e. The Balaban J connectivity index is 1.77. The number of rotatable bonds is 5. The fourth-order valence-corrected chi connectivity index (χ4v) is 4.57. The lowest BCUT2D eigenvalue weighted by atomic mass is 10.1. The third-order valence-electron chi connectivity index (χ3n) is 4.49. The highest BCUT2D eigenvalue weighted by atomic mass is 32.2. The van der Waals surface area contributed by atoms with Crippen molar-refractivity contribution in [3.05, 3.63) is 59.7 Å². The molecule has 0 atom stereocenters. The summed E-state index contributed by atoms with van der Waals surface area (Å²) < 4.78 is 30.5. The van der Waals surface area contributed by atoms with Crippen LogP contribution in [0.15, 0.2) is 53.4 Å². The van der Waals surface area contributed by atoms with E-state index in [1.165, 1.54) is 43.3 Å². The van der Waals surface area contributed by atoms with Crippen LogP contribution in [0.3, 0.4) is 0 Å². The highest BCUT2D eigenvalue weighted by molar-refractivity contribution is 7.90. The predicted molar refractivity (Wildman–Crippen MR) is 100 cm³/mol. The molecule has 0 aromatic heterocycles. The molecule has 0 radical (unpaired) electrons. The average molecular weight is 402 g/mol. The van der Waals surface area contributed by atoms with Gasteiger partial charge in [0.2, 0.25) is 5.91 Å². The molecular weight excluding hydrogens is 384 g/mol. The molecule has 1 aliphatic heterocycles. The number of ether oxygens (including phenoxy) is 1. The molecule has 2 aromatic carbocycles. The van der Waals surface area contributed by atoms with E-state index in [2.05, 4.69) is 0 Å². The Morgan fingerprint density at radius 2 is 1.71 bits per heavy atom. The van der Waals surface area contributed by atoms with Crippen LogP contribution in [0.5, 0.6) is 0 Å². The molecule has 0 fully saturated rings. The molecule has 0 saturated heterocycles. The van der Waals surface area contributed by atoms with Crippen LogP contribution in [0.1, 0.15) is 27.1 Å². The maximum absolute atomic E-state index is 12.6. The van der Waals surface area contributed by atoms with Crippen LogP contribution in [0.25, 0.3) is 0 Å². The third-order valence-corrected chi connectivity index (χ3v) is 6.33. The van der Waals surface area contributed by atoms with Gasteiger partial charge in [0.05, 0.1) is 23.9 Å². The quantitative estimate of drug-likeness (QED) is 0.705. The molecule has 0 saturated carbocycles. The van der Waals surface area contributed by atoms with E-state index in [0.717, 1.165) is 0 Å². The number of carbonyl (C=O) groups is 3. The zero-order valence-corrected chi connectivity index (χ0v) is 16.1. The second kappa shape index (κ2) is 7.43. The van der Waals surface area contributed by atoms with E-state index < -0.39 is 27.8 Å². The number of fused-ring (bicyclic) bond motifs is 1. The Bertz CT molecular complexity index is 1060. The number of para-hydroxylation sites is 1. The van der Waals surface area contributed by atoms with Gasteiger partial charge in [-0.15, -0.1) is 0 Å². The maximum Gasteiger partial charge on any atom is 0.339 e. The SMILES string of the molecule is COC(=O)c1ccccc1N(C)C(=O)CCN1C(=O)c2ccccc2S1(=O)=O. The molecule has 8 nitrogen and oxygen atoms in total. The van der Waals surface area contributed by atoms with Crippen LogP contribution in [-0.4, -0.2) is 51.2 Å². The first-order valence-corrected chi connectivity index (χ1v) is 9.83. The van der Waals surface area contributed by atoms with Crippen molar-refractivity contribution < 1.29 is 27.5 Å². The van der Waals surface area contributed by atoms with Gasteiger partial charge < -0.3 is 9.64 Å². The van der Waals surface area contributed by atoms with Crippen LogP contribution in [0.4, 0.5) is 5.69 Å². The summed E-state index contributed by atoms with van der Waals surface area (Å²) in [6.45, 7) is -0.292.